The van der Waals surface area contributed by atoms with Crippen molar-refractivity contribution in [1.82, 2.24) is 10.9 Å². The van der Waals surface area contributed by atoms with Gasteiger partial charge in [0.2, 0.25) is 5.91 Å². The highest BCUT2D eigenvalue weighted by atomic mass is 16.6. The van der Waals surface area contributed by atoms with Crippen molar-refractivity contribution in [3.05, 3.63) is 94.5 Å². The average Bonchev–Trinajstić information content (AvgIpc) is 2.77. The molecule has 3 aromatic carbocycles. The molecule has 0 aliphatic carbocycles. The van der Waals surface area contributed by atoms with Gasteiger partial charge >= 0.3 is 0 Å². The van der Waals surface area contributed by atoms with Crippen molar-refractivity contribution < 1.29 is 19.2 Å². The molecule has 152 valence electrons. The summed E-state index contributed by atoms with van der Waals surface area (Å²) in [5.74, 6) is -0.423. The molecule has 0 fully saturated rings. The van der Waals surface area contributed by atoms with Crippen LogP contribution < -0.4 is 15.6 Å². The number of hydrogen-bond donors (Lipinski definition) is 2. The predicted molar refractivity (Wildman–Crippen MR) is 110 cm³/mol. The van der Waals surface area contributed by atoms with Crippen molar-refractivity contribution >= 4 is 17.5 Å². The predicted octanol–water partition coefficient (Wildman–Crippen LogP) is 3.03. The summed E-state index contributed by atoms with van der Waals surface area (Å²) in [5.41, 5.74) is 6.93. The Kier molecular flexibility index (Phi) is 6.73. The van der Waals surface area contributed by atoms with E-state index in [0.29, 0.717) is 11.3 Å². The lowest BCUT2D eigenvalue weighted by molar-refractivity contribution is -0.384. The van der Waals surface area contributed by atoms with E-state index in [2.05, 4.69) is 10.9 Å². The fourth-order valence-corrected chi connectivity index (χ4v) is 2.73. The Morgan fingerprint density at radius 3 is 2.17 bits per heavy atom. The quantitative estimate of drug-likeness (QED) is 0.464. The van der Waals surface area contributed by atoms with Crippen LogP contribution in [0.1, 0.15) is 5.56 Å². The molecule has 3 aromatic rings. The number of carbonyl (C=O) groups excluding carboxylic acids is 2. The summed E-state index contributed by atoms with van der Waals surface area (Å²) in [5, 5.41) is 10.6. The second-order valence-electron chi connectivity index (χ2n) is 6.35. The summed E-state index contributed by atoms with van der Waals surface area (Å²) in [4.78, 5) is 34.1. The third-order valence-corrected chi connectivity index (χ3v) is 4.18. The molecule has 2 N–H and O–H groups in total. The highest BCUT2D eigenvalue weighted by molar-refractivity contribution is 5.84. The molecular weight excluding hydrogens is 386 g/mol. The lowest BCUT2D eigenvalue weighted by Gasteiger charge is -2.12. The molecule has 0 aromatic heterocycles. The van der Waals surface area contributed by atoms with E-state index in [4.69, 9.17) is 4.74 Å². The molecule has 8 heteroatoms. The number of amides is 2. The summed E-state index contributed by atoms with van der Waals surface area (Å²) in [7, 11) is 0. The highest BCUT2D eigenvalue weighted by Gasteiger charge is 2.10. The van der Waals surface area contributed by atoms with Crippen LogP contribution in [0.4, 0.5) is 5.69 Å². The Balaban J connectivity index is 1.48. The SMILES string of the molecule is O=C(COc1ccccc1-c1ccccc1)NNC(=O)Cc1ccc([N+](=O)[O-])cc1. The number of nitro benzene ring substituents is 1. The normalized spacial score (nSPS) is 10.1. The molecule has 8 nitrogen and oxygen atoms in total. The van der Waals surface area contributed by atoms with E-state index >= 15 is 0 Å². The number of nitro groups is 1. The summed E-state index contributed by atoms with van der Waals surface area (Å²) in [6.07, 6.45) is -0.0318. The van der Waals surface area contributed by atoms with Gasteiger partial charge in [0, 0.05) is 17.7 Å². The second kappa shape index (κ2) is 9.83. The number of ether oxygens (including phenoxy) is 1. The number of hydrogen-bond acceptors (Lipinski definition) is 5. The molecule has 0 saturated carbocycles. The van der Waals surface area contributed by atoms with Crippen LogP contribution in [-0.4, -0.2) is 23.3 Å². The van der Waals surface area contributed by atoms with Crippen molar-refractivity contribution in [3.8, 4) is 16.9 Å². The molecule has 30 heavy (non-hydrogen) atoms. The summed E-state index contributed by atoms with van der Waals surface area (Å²) in [6.45, 7) is -0.276. The van der Waals surface area contributed by atoms with Gasteiger partial charge in [0.05, 0.1) is 11.3 Å². The summed E-state index contributed by atoms with van der Waals surface area (Å²) < 4.78 is 5.61. The highest BCUT2D eigenvalue weighted by Crippen LogP contribution is 2.29. The second-order valence-corrected chi connectivity index (χ2v) is 6.35. The minimum atomic E-state index is -0.519. The zero-order valence-corrected chi connectivity index (χ0v) is 15.9. The van der Waals surface area contributed by atoms with Gasteiger partial charge in [0.1, 0.15) is 5.75 Å². The molecule has 0 atom stereocenters. The van der Waals surface area contributed by atoms with Crippen LogP contribution in [-0.2, 0) is 16.0 Å². The topological polar surface area (TPSA) is 111 Å². The van der Waals surface area contributed by atoms with Crippen LogP contribution in [0.5, 0.6) is 5.75 Å². The first-order valence-corrected chi connectivity index (χ1v) is 9.11. The van der Waals surface area contributed by atoms with Gasteiger partial charge in [-0.15, -0.1) is 0 Å². The summed E-state index contributed by atoms with van der Waals surface area (Å²) >= 11 is 0. The molecule has 0 bridgehead atoms. The number of nitrogens with one attached hydrogen (secondary N) is 2. The van der Waals surface area contributed by atoms with E-state index in [1.165, 1.54) is 24.3 Å². The van der Waals surface area contributed by atoms with Gasteiger partial charge in [-0.1, -0.05) is 60.7 Å². The Hall–Kier alpha value is -4.20. The van der Waals surface area contributed by atoms with Crippen LogP contribution in [0.2, 0.25) is 0 Å². The minimum absolute atomic E-state index is 0.0318. The molecule has 3 rings (SSSR count). The first-order chi connectivity index (χ1) is 14.5. The van der Waals surface area contributed by atoms with Gasteiger partial charge in [0.25, 0.3) is 11.6 Å². The number of para-hydroxylation sites is 1. The molecule has 0 spiro atoms. The van der Waals surface area contributed by atoms with Gasteiger partial charge in [0.15, 0.2) is 6.61 Å². The number of non-ortho nitro benzene ring substituents is 1. The van der Waals surface area contributed by atoms with Crippen molar-refractivity contribution in [1.29, 1.82) is 0 Å². The number of carbonyl (C=O) groups is 2. The Morgan fingerprint density at radius 2 is 1.47 bits per heavy atom. The molecule has 0 radical (unpaired) electrons. The number of hydrazine groups is 1. The van der Waals surface area contributed by atoms with E-state index in [9.17, 15) is 19.7 Å². The minimum Gasteiger partial charge on any atom is -0.483 e. The first kappa shape index (κ1) is 20.5. The summed E-state index contributed by atoms with van der Waals surface area (Å²) in [6, 6.07) is 22.6. The lowest BCUT2D eigenvalue weighted by Crippen LogP contribution is -2.44. The van der Waals surface area contributed by atoms with Gasteiger partial charge in [-0.2, -0.15) is 0 Å². The van der Waals surface area contributed by atoms with E-state index in [1.54, 1.807) is 6.07 Å². The largest absolute Gasteiger partial charge is 0.483 e. The molecule has 2 amide bonds. The molecule has 0 unspecified atom stereocenters. The maximum atomic E-state index is 12.0. The molecule has 0 aliphatic heterocycles. The van der Waals surface area contributed by atoms with Gasteiger partial charge in [-0.05, 0) is 17.2 Å². The van der Waals surface area contributed by atoms with Gasteiger partial charge in [-0.25, -0.2) is 0 Å². The number of benzene rings is 3. The third kappa shape index (κ3) is 5.65. The van der Waals surface area contributed by atoms with Crippen LogP contribution >= 0.6 is 0 Å². The van der Waals surface area contributed by atoms with Crippen LogP contribution in [0.3, 0.4) is 0 Å². The maximum Gasteiger partial charge on any atom is 0.276 e. The van der Waals surface area contributed by atoms with E-state index in [1.807, 2.05) is 48.5 Å². The zero-order chi connectivity index (χ0) is 21.3. The Bertz CT molecular complexity index is 1040. The maximum absolute atomic E-state index is 12.0. The van der Waals surface area contributed by atoms with Crippen molar-refractivity contribution in [3.63, 3.8) is 0 Å². The van der Waals surface area contributed by atoms with Crippen LogP contribution in [0.15, 0.2) is 78.9 Å². The van der Waals surface area contributed by atoms with Crippen LogP contribution in [0.25, 0.3) is 11.1 Å². The van der Waals surface area contributed by atoms with E-state index < -0.39 is 16.7 Å². The monoisotopic (exact) mass is 405 g/mol. The lowest BCUT2D eigenvalue weighted by atomic mass is 10.1. The number of nitrogens with zero attached hydrogens (tertiary/aromatic N) is 1. The first-order valence-electron chi connectivity index (χ1n) is 9.11. The zero-order valence-electron chi connectivity index (χ0n) is 15.9. The van der Waals surface area contributed by atoms with Gasteiger partial charge in [-0.3, -0.25) is 30.6 Å². The Morgan fingerprint density at radius 1 is 0.833 bits per heavy atom. The Labute approximate surface area is 172 Å². The molecule has 0 heterocycles. The standard InChI is InChI=1S/C22H19N3O5/c26-21(14-16-10-12-18(13-11-16)25(28)29)23-24-22(27)15-30-20-9-5-4-8-19(20)17-6-2-1-3-7-17/h1-13H,14-15H2,(H,23,26)(H,24,27). The molecule has 0 aliphatic rings. The van der Waals surface area contributed by atoms with E-state index in [0.717, 1.165) is 11.1 Å². The van der Waals surface area contributed by atoms with Crippen molar-refractivity contribution in [2.24, 2.45) is 0 Å². The third-order valence-electron chi connectivity index (χ3n) is 4.18. The fourth-order valence-electron chi connectivity index (χ4n) is 2.73. The van der Waals surface area contributed by atoms with Crippen LogP contribution in [0, 0.1) is 10.1 Å². The van der Waals surface area contributed by atoms with Crippen molar-refractivity contribution in [2.45, 2.75) is 6.42 Å². The number of rotatable bonds is 7. The fraction of sp³-hybridized carbons (Fsp3) is 0.0909. The molecular formula is C22H19N3O5. The smallest absolute Gasteiger partial charge is 0.276 e. The average molecular weight is 405 g/mol. The van der Waals surface area contributed by atoms with E-state index in [-0.39, 0.29) is 18.7 Å². The van der Waals surface area contributed by atoms with Gasteiger partial charge < -0.3 is 4.74 Å². The van der Waals surface area contributed by atoms with Crippen molar-refractivity contribution in [2.75, 3.05) is 6.61 Å². The molecule has 0 saturated heterocycles.